The molecule has 0 atom stereocenters. The second-order valence-electron chi connectivity index (χ2n) is 5.28. The monoisotopic (exact) mass is 406 g/mol. The summed E-state index contributed by atoms with van der Waals surface area (Å²) in [5.74, 6) is 0. The van der Waals surface area contributed by atoms with Crippen molar-refractivity contribution in [2.75, 3.05) is 0 Å². The molecule has 3 aromatic rings. The third-order valence-corrected chi connectivity index (χ3v) is 5.26. The summed E-state index contributed by atoms with van der Waals surface area (Å²) < 4.78 is 0. The molecule has 0 radical (unpaired) electrons. The van der Waals surface area contributed by atoms with Crippen LogP contribution in [-0.2, 0) is 6.42 Å². The van der Waals surface area contributed by atoms with E-state index in [4.69, 9.17) is 51.7 Å². The van der Waals surface area contributed by atoms with E-state index in [1.54, 1.807) is 24.3 Å². The summed E-state index contributed by atoms with van der Waals surface area (Å²) in [6.07, 6.45) is 0.235. The molecule has 124 valence electrons. The van der Waals surface area contributed by atoms with Gasteiger partial charge in [-0.1, -0.05) is 70.7 Å². The van der Waals surface area contributed by atoms with Gasteiger partial charge >= 0.3 is 0 Å². The van der Waals surface area contributed by atoms with Crippen molar-refractivity contribution in [3.8, 4) is 28.6 Å². The highest BCUT2D eigenvalue weighted by molar-refractivity contribution is 6.44. The first-order chi connectivity index (χ1) is 12.0. The Morgan fingerprint density at radius 1 is 0.800 bits per heavy atom. The van der Waals surface area contributed by atoms with Crippen LogP contribution in [0.2, 0.25) is 20.1 Å². The zero-order chi connectivity index (χ0) is 18.0. The minimum atomic E-state index is 0.235. The quantitative estimate of drug-likeness (QED) is 0.464. The van der Waals surface area contributed by atoms with Crippen molar-refractivity contribution in [1.29, 1.82) is 5.26 Å². The second-order valence-corrected chi connectivity index (χ2v) is 6.85. The SMILES string of the molecule is N#CCc1cc(-c2cccc(Cl)c2Cl)nc(-c2cccc(Cl)c2Cl)c1. The molecule has 0 spiro atoms. The van der Waals surface area contributed by atoms with Crippen LogP contribution in [0.5, 0.6) is 0 Å². The Balaban J connectivity index is 2.24. The van der Waals surface area contributed by atoms with Crippen molar-refractivity contribution < 1.29 is 0 Å². The third-order valence-electron chi connectivity index (χ3n) is 3.62. The average molecular weight is 408 g/mol. The summed E-state index contributed by atoms with van der Waals surface area (Å²) in [6.45, 7) is 0. The van der Waals surface area contributed by atoms with Crippen molar-refractivity contribution in [1.82, 2.24) is 4.98 Å². The predicted octanol–water partition coefficient (Wildman–Crippen LogP) is 7.10. The molecule has 1 aromatic heterocycles. The zero-order valence-electron chi connectivity index (χ0n) is 12.7. The largest absolute Gasteiger partial charge is 0.248 e. The fourth-order valence-electron chi connectivity index (χ4n) is 2.46. The molecule has 0 bridgehead atoms. The first-order valence-electron chi connectivity index (χ1n) is 7.28. The van der Waals surface area contributed by atoms with E-state index in [0.717, 1.165) is 5.56 Å². The maximum atomic E-state index is 9.08. The lowest BCUT2D eigenvalue weighted by molar-refractivity contribution is 1.22. The molecule has 0 saturated heterocycles. The molecule has 0 saturated carbocycles. The molecule has 2 aromatic carbocycles. The van der Waals surface area contributed by atoms with Crippen LogP contribution >= 0.6 is 46.4 Å². The van der Waals surface area contributed by atoms with E-state index in [0.29, 0.717) is 42.6 Å². The molecule has 2 nitrogen and oxygen atoms in total. The van der Waals surface area contributed by atoms with E-state index < -0.39 is 0 Å². The highest BCUT2D eigenvalue weighted by Crippen LogP contribution is 2.37. The predicted molar refractivity (Wildman–Crippen MR) is 104 cm³/mol. The van der Waals surface area contributed by atoms with Gasteiger partial charge in [0.1, 0.15) is 0 Å². The van der Waals surface area contributed by atoms with Crippen LogP contribution in [0.15, 0.2) is 48.5 Å². The van der Waals surface area contributed by atoms with Crippen molar-refractivity contribution in [3.63, 3.8) is 0 Å². The highest BCUT2D eigenvalue weighted by Gasteiger charge is 2.14. The van der Waals surface area contributed by atoms with Gasteiger partial charge in [-0.3, -0.25) is 0 Å². The first kappa shape index (κ1) is 18.0. The number of hydrogen-bond acceptors (Lipinski definition) is 2. The molecule has 25 heavy (non-hydrogen) atoms. The third kappa shape index (κ3) is 3.76. The fraction of sp³-hybridized carbons (Fsp3) is 0.0526. The number of rotatable bonds is 3. The van der Waals surface area contributed by atoms with Gasteiger partial charge in [0.25, 0.3) is 0 Å². The Morgan fingerprint density at radius 2 is 1.28 bits per heavy atom. The summed E-state index contributed by atoms with van der Waals surface area (Å²) in [7, 11) is 0. The second kappa shape index (κ2) is 7.64. The van der Waals surface area contributed by atoms with E-state index in [9.17, 15) is 0 Å². The number of hydrogen-bond donors (Lipinski definition) is 0. The molecule has 0 unspecified atom stereocenters. The lowest BCUT2D eigenvalue weighted by atomic mass is 10.0. The first-order valence-corrected chi connectivity index (χ1v) is 8.79. The minimum absolute atomic E-state index is 0.235. The molecule has 0 N–H and O–H groups in total. The van der Waals surface area contributed by atoms with Crippen molar-refractivity contribution in [2.24, 2.45) is 0 Å². The number of pyridine rings is 1. The standard InChI is InChI=1S/C19H10Cl4N2/c20-14-5-1-3-12(18(14)22)16-9-11(7-8-24)10-17(25-16)13-4-2-6-15(21)19(13)23/h1-6,9-10H,7H2. The summed E-state index contributed by atoms with van der Waals surface area (Å²) in [5.41, 5.74) is 3.41. The Hall–Kier alpha value is -1.76. The lowest BCUT2D eigenvalue weighted by Crippen LogP contribution is -1.94. The number of aromatic nitrogens is 1. The van der Waals surface area contributed by atoms with Gasteiger partial charge < -0.3 is 0 Å². The molecular weight excluding hydrogens is 398 g/mol. The van der Waals surface area contributed by atoms with E-state index in [-0.39, 0.29) is 6.42 Å². The summed E-state index contributed by atoms with van der Waals surface area (Å²) in [5, 5.41) is 10.8. The van der Waals surface area contributed by atoms with Crippen molar-refractivity contribution in [3.05, 3.63) is 74.2 Å². The van der Waals surface area contributed by atoms with Gasteiger partial charge in [0.2, 0.25) is 0 Å². The number of benzene rings is 2. The van der Waals surface area contributed by atoms with Gasteiger partial charge in [-0.25, -0.2) is 4.98 Å². The van der Waals surface area contributed by atoms with Crippen LogP contribution in [0.1, 0.15) is 5.56 Å². The van der Waals surface area contributed by atoms with Crippen LogP contribution in [0.25, 0.3) is 22.5 Å². The lowest BCUT2D eigenvalue weighted by Gasteiger charge is -2.11. The van der Waals surface area contributed by atoms with Gasteiger partial charge in [0.05, 0.1) is 44.0 Å². The maximum Gasteiger partial charge on any atom is 0.0728 e. The van der Waals surface area contributed by atoms with Crippen LogP contribution in [0, 0.1) is 11.3 Å². The van der Waals surface area contributed by atoms with Crippen LogP contribution < -0.4 is 0 Å². The normalized spacial score (nSPS) is 10.5. The van der Waals surface area contributed by atoms with Gasteiger partial charge in [0, 0.05) is 11.1 Å². The van der Waals surface area contributed by atoms with Crippen LogP contribution in [-0.4, -0.2) is 4.98 Å². The molecule has 0 aliphatic carbocycles. The molecule has 0 aliphatic rings. The molecule has 6 heteroatoms. The average Bonchev–Trinajstić information content (AvgIpc) is 2.60. The van der Waals surface area contributed by atoms with Gasteiger partial charge in [0.15, 0.2) is 0 Å². The molecule has 0 amide bonds. The van der Waals surface area contributed by atoms with E-state index in [1.165, 1.54) is 0 Å². The topological polar surface area (TPSA) is 36.7 Å². The van der Waals surface area contributed by atoms with Gasteiger partial charge in [-0.15, -0.1) is 0 Å². The smallest absolute Gasteiger partial charge is 0.0728 e. The molecule has 0 aliphatic heterocycles. The Labute approximate surface area is 165 Å². The number of nitriles is 1. The van der Waals surface area contributed by atoms with Crippen LogP contribution in [0.4, 0.5) is 0 Å². The van der Waals surface area contributed by atoms with E-state index >= 15 is 0 Å². The molecule has 0 fully saturated rings. The summed E-state index contributed by atoms with van der Waals surface area (Å²) in [4.78, 5) is 4.66. The zero-order valence-corrected chi connectivity index (χ0v) is 15.8. The van der Waals surface area contributed by atoms with Crippen LogP contribution in [0.3, 0.4) is 0 Å². The Kier molecular flexibility index (Phi) is 5.51. The molecule has 3 rings (SSSR count). The fourth-order valence-corrected chi connectivity index (χ4v) is 3.25. The van der Waals surface area contributed by atoms with E-state index in [2.05, 4.69) is 11.1 Å². The minimum Gasteiger partial charge on any atom is -0.248 e. The van der Waals surface area contributed by atoms with Gasteiger partial charge in [-0.05, 0) is 29.8 Å². The van der Waals surface area contributed by atoms with Gasteiger partial charge in [-0.2, -0.15) is 5.26 Å². The Bertz CT molecular complexity index is 923. The maximum absolute atomic E-state index is 9.08. The number of halogens is 4. The number of nitrogens with zero attached hydrogens (tertiary/aromatic N) is 2. The molecular formula is C19H10Cl4N2. The Morgan fingerprint density at radius 3 is 1.72 bits per heavy atom. The summed E-state index contributed by atoms with van der Waals surface area (Å²) in [6, 6.07) is 16.5. The van der Waals surface area contributed by atoms with Crippen molar-refractivity contribution in [2.45, 2.75) is 6.42 Å². The van der Waals surface area contributed by atoms with Crippen molar-refractivity contribution >= 4 is 46.4 Å². The van der Waals surface area contributed by atoms with E-state index in [1.807, 2.05) is 24.3 Å². The highest BCUT2D eigenvalue weighted by atomic mass is 35.5. The molecule has 1 heterocycles. The summed E-state index contributed by atoms with van der Waals surface area (Å²) >= 11 is 24.9.